The predicted molar refractivity (Wildman–Crippen MR) is 105 cm³/mol. The Balaban J connectivity index is 1.35. The van der Waals surface area contributed by atoms with Gasteiger partial charge in [0.2, 0.25) is 0 Å². The van der Waals surface area contributed by atoms with E-state index in [1.165, 1.54) is 31.5 Å². The molecular weight excluding hydrogens is 364 g/mol. The van der Waals surface area contributed by atoms with Crippen molar-refractivity contribution in [2.24, 2.45) is 0 Å². The van der Waals surface area contributed by atoms with Gasteiger partial charge in [-0.15, -0.1) is 0 Å². The molecule has 2 aliphatic heterocycles. The number of nitrogens with one attached hydrogen (secondary N) is 1. The molecule has 0 radical (unpaired) electrons. The molecule has 0 atom stereocenters. The van der Waals surface area contributed by atoms with E-state index in [2.05, 4.69) is 34.5 Å². The lowest BCUT2D eigenvalue weighted by Crippen LogP contribution is -2.23. The number of amides is 1. The van der Waals surface area contributed by atoms with Crippen molar-refractivity contribution in [1.82, 2.24) is 10.2 Å². The molecule has 142 valence electrons. The van der Waals surface area contributed by atoms with Crippen LogP contribution in [0.15, 0.2) is 36.4 Å². The van der Waals surface area contributed by atoms with Crippen LogP contribution in [0.2, 0.25) is 5.02 Å². The van der Waals surface area contributed by atoms with Gasteiger partial charge >= 0.3 is 0 Å². The summed E-state index contributed by atoms with van der Waals surface area (Å²) in [4.78, 5) is 15.0. The summed E-state index contributed by atoms with van der Waals surface area (Å²) >= 11 is 6.21. The molecule has 6 heteroatoms. The van der Waals surface area contributed by atoms with Crippen molar-refractivity contribution >= 4 is 17.5 Å². The van der Waals surface area contributed by atoms with Crippen LogP contribution in [0.3, 0.4) is 0 Å². The second-order valence-electron chi connectivity index (χ2n) is 6.96. The highest BCUT2D eigenvalue weighted by Crippen LogP contribution is 2.38. The van der Waals surface area contributed by atoms with Gasteiger partial charge in [0.05, 0.1) is 5.02 Å². The molecule has 2 aromatic carbocycles. The number of halogens is 1. The second-order valence-corrected chi connectivity index (χ2v) is 7.37. The Morgan fingerprint density at radius 3 is 2.52 bits per heavy atom. The van der Waals surface area contributed by atoms with Gasteiger partial charge in [-0.1, -0.05) is 35.9 Å². The molecule has 0 spiro atoms. The monoisotopic (exact) mass is 386 g/mol. The van der Waals surface area contributed by atoms with E-state index in [9.17, 15) is 4.79 Å². The van der Waals surface area contributed by atoms with Gasteiger partial charge in [0.25, 0.3) is 5.91 Å². The van der Waals surface area contributed by atoms with Crippen LogP contribution < -0.4 is 14.8 Å². The first kappa shape index (κ1) is 18.1. The third kappa shape index (κ3) is 4.37. The van der Waals surface area contributed by atoms with Crippen molar-refractivity contribution in [3.8, 4) is 11.5 Å². The van der Waals surface area contributed by atoms with Crippen LogP contribution in [0.1, 0.15) is 34.3 Å². The average Bonchev–Trinajstić information content (AvgIpc) is 3.20. The van der Waals surface area contributed by atoms with Gasteiger partial charge in [-0.05, 0) is 49.2 Å². The standard InChI is InChI=1S/C21H23ClN2O3/c22-18-11-17(12-19-20(18)27-10-9-26-19)21(25)23-13-15-3-5-16(6-4-15)14-24-7-1-2-8-24/h3-6,11-12H,1-2,7-10,13-14H2,(H,23,25). The highest BCUT2D eigenvalue weighted by atomic mass is 35.5. The Morgan fingerprint density at radius 2 is 1.74 bits per heavy atom. The van der Waals surface area contributed by atoms with Gasteiger partial charge in [-0.3, -0.25) is 9.69 Å². The molecule has 0 aliphatic carbocycles. The second kappa shape index (κ2) is 8.19. The third-order valence-electron chi connectivity index (χ3n) is 4.94. The van der Waals surface area contributed by atoms with Crippen LogP contribution in [0.4, 0.5) is 0 Å². The molecule has 0 bridgehead atoms. The number of hydrogen-bond donors (Lipinski definition) is 1. The maximum atomic E-state index is 12.5. The summed E-state index contributed by atoms with van der Waals surface area (Å²) in [6.07, 6.45) is 2.60. The van der Waals surface area contributed by atoms with Crippen LogP contribution in [-0.4, -0.2) is 37.1 Å². The Hall–Kier alpha value is -2.24. The summed E-state index contributed by atoms with van der Waals surface area (Å²) in [5.74, 6) is 0.841. The zero-order valence-electron chi connectivity index (χ0n) is 15.2. The number of benzene rings is 2. The van der Waals surface area contributed by atoms with E-state index in [-0.39, 0.29) is 5.91 Å². The molecule has 1 N–H and O–H groups in total. The summed E-state index contributed by atoms with van der Waals surface area (Å²) in [5.41, 5.74) is 2.85. The normalized spacial score (nSPS) is 16.3. The van der Waals surface area contributed by atoms with Crippen LogP contribution in [0.25, 0.3) is 0 Å². The van der Waals surface area contributed by atoms with E-state index < -0.39 is 0 Å². The van der Waals surface area contributed by atoms with Crippen LogP contribution in [0.5, 0.6) is 11.5 Å². The van der Waals surface area contributed by atoms with Crippen LogP contribution in [0, 0.1) is 0 Å². The Morgan fingerprint density at radius 1 is 1.04 bits per heavy atom. The fraction of sp³-hybridized carbons (Fsp3) is 0.381. The first-order valence-electron chi connectivity index (χ1n) is 9.36. The molecule has 4 rings (SSSR count). The Kier molecular flexibility index (Phi) is 5.50. The van der Waals surface area contributed by atoms with E-state index in [4.69, 9.17) is 21.1 Å². The summed E-state index contributed by atoms with van der Waals surface area (Å²) in [5, 5.41) is 3.33. The summed E-state index contributed by atoms with van der Waals surface area (Å²) < 4.78 is 11.0. The maximum absolute atomic E-state index is 12.5. The Labute approximate surface area is 164 Å². The Bertz CT molecular complexity index is 817. The smallest absolute Gasteiger partial charge is 0.251 e. The van der Waals surface area contributed by atoms with Crippen molar-refractivity contribution < 1.29 is 14.3 Å². The fourth-order valence-electron chi connectivity index (χ4n) is 3.49. The van der Waals surface area contributed by atoms with Gasteiger partial charge in [0.1, 0.15) is 13.2 Å². The molecule has 1 fully saturated rings. The molecule has 0 unspecified atom stereocenters. The fourth-order valence-corrected chi connectivity index (χ4v) is 3.75. The van der Waals surface area contributed by atoms with Gasteiger partial charge in [-0.2, -0.15) is 0 Å². The molecule has 2 heterocycles. The van der Waals surface area contributed by atoms with E-state index in [0.717, 1.165) is 12.1 Å². The molecule has 0 aromatic heterocycles. The lowest BCUT2D eigenvalue weighted by Gasteiger charge is -2.20. The van der Waals surface area contributed by atoms with E-state index in [0.29, 0.717) is 41.8 Å². The highest BCUT2D eigenvalue weighted by Gasteiger charge is 2.19. The lowest BCUT2D eigenvalue weighted by atomic mass is 10.1. The quantitative estimate of drug-likeness (QED) is 0.852. The van der Waals surface area contributed by atoms with Crippen molar-refractivity contribution in [3.05, 3.63) is 58.1 Å². The topological polar surface area (TPSA) is 50.8 Å². The number of likely N-dealkylation sites (tertiary alicyclic amines) is 1. The number of hydrogen-bond acceptors (Lipinski definition) is 4. The maximum Gasteiger partial charge on any atom is 0.251 e. The van der Waals surface area contributed by atoms with E-state index >= 15 is 0 Å². The van der Waals surface area contributed by atoms with Crippen molar-refractivity contribution in [1.29, 1.82) is 0 Å². The number of carbonyl (C=O) groups is 1. The SMILES string of the molecule is O=C(NCc1ccc(CN2CCCC2)cc1)c1cc(Cl)c2c(c1)OCCO2. The van der Waals surface area contributed by atoms with Crippen molar-refractivity contribution in [2.75, 3.05) is 26.3 Å². The largest absolute Gasteiger partial charge is 0.486 e. The minimum atomic E-state index is -0.185. The molecule has 0 saturated carbocycles. The molecule has 1 amide bonds. The summed E-state index contributed by atoms with van der Waals surface area (Å²) in [7, 11) is 0. The molecule has 27 heavy (non-hydrogen) atoms. The van der Waals surface area contributed by atoms with E-state index in [1.807, 2.05) is 0 Å². The van der Waals surface area contributed by atoms with Crippen molar-refractivity contribution in [2.45, 2.75) is 25.9 Å². The first-order valence-corrected chi connectivity index (χ1v) is 9.74. The summed E-state index contributed by atoms with van der Waals surface area (Å²) in [6.45, 7) is 4.77. The summed E-state index contributed by atoms with van der Waals surface area (Å²) in [6, 6.07) is 11.7. The molecule has 5 nitrogen and oxygen atoms in total. The lowest BCUT2D eigenvalue weighted by molar-refractivity contribution is 0.0949. The zero-order valence-corrected chi connectivity index (χ0v) is 15.9. The minimum Gasteiger partial charge on any atom is -0.486 e. The predicted octanol–water partition coefficient (Wildman–Crippen LogP) is 3.64. The highest BCUT2D eigenvalue weighted by molar-refractivity contribution is 6.32. The van der Waals surface area contributed by atoms with Crippen LogP contribution in [-0.2, 0) is 13.1 Å². The average molecular weight is 387 g/mol. The van der Waals surface area contributed by atoms with Crippen molar-refractivity contribution in [3.63, 3.8) is 0 Å². The van der Waals surface area contributed by atoms with E-state index in [1.54, 1.807) is 12.1 Å². The molecule has 2 aliphatic rings. The van der Waals surface area contributed by atoms with Gasteiger partial charge < -0.3 is 14.8 Å². The molecule has 1 saturated heterocycles. The zero-order chi connectivity index (χ0) is 18.6. The number of nitrogens with zero attached hydrogens (tertiary/aromatic N) is 1. The molecule has 2 aromatic rings. The van der Waals surface area contributed by atoms with Gasteiger partial charge in [-0.25, -0.2) is 0 Å². The number of fused-ring (bicyclic) bond motifs is 1. The van der Waals surface area contributed by atoms with Gasteiger partial charge in [0.15, 0.2) is 11.5 Å². The molecular formula is C21H23ClN2O3. The van der Waals surface area contributed by atoms with Gasteiger partial charge in [0, 0.05) is 18.7 Å². The minimum absolute atomic E-state index is 0.185. The van der Waals surface area contributed by atoms with Crippen LogP contribution >= 0.6 is 11.6 Å². The first-order chi connectivity index (χ1) is 13.2. The number of rotatable bonds is 5. The number of ether oxygens (including phenoxy) is 2. The third-order valence-corrected chi connectivity index (χ3v) is 5.22. The number of carbonyl (C=O) groups excluding carboxylic acids is 1.